The molecule has 1 aliphatic rings. The van der Waals surface area contributed by atoms with Crippen molar-refractivity contribution in [3.8, 4) is 0 Å². The Morgan fingerprint density at radius 2 is 2.09 bits per heavy atom. The molecule has 4 nitrogen and oxygen atoms in total. The largest absolute Gasteiger partial charge is 0.297 e. The molecule has 4 rings (SSSR count). The lowest BCUT2D eigenvalue weighted by Gasteiger charge is -2.16. The summed E-state index contributed by atoms with van der Waals surface area (Å²) in [5.74, 6) is 0. The minimum Gasteiger partial charge on any atom is -0.297 e. The highest BCUT2D eigenvalue weighted by Crippen LogP contribution is 2.26. The fraction of sp³-hybridized carbons (Fsp3) is 0.333. The second-order valence-corrected chi connectivity index (χ2v) is 6.20. The van der Waals surface area contributed by atoms with E-state index in [9.17, 15) is 0 Å². The third-order valence-electron chi connectivity index (χ3n) is 4.44. The van der Waals surface area contributed by atoms with Gasteiger partial charge in [-0.2, -0.15) is 5.10 Å². The molecule has 0 spiro atoms. The first-order valence-electron chi connectivity index (χ1n) is 7.85. The van der Waals surface area contributed by atoms with Crippen molar-refractivity contribution in [2.45, 2.75) is 25.9 Å². The zero-order valence-electron chi connectivity index (χ0n) is 12.8. The molecular formula is C18H20N4. The van der Waals surface area contributed by atoms with Crippen molar-refractivity contribution >= 4 is 10.9 Å². The molecule has 0 bridgehead atoms. The minimum absolute atomic E-state index is 0.470. The summed E-state index contributed by atoms with van der Waals surface area (Å²) >= 11 is 0. The van der Waals surface area contributed by atoms with Gasteiger partial charge >= 0.3 is 0 Å². The molecule has 0 saturated carbocycles. The quantitative estimate of drug-likeness (QED) is 0.743. The molecule has 0 N–H and O–H groups in total. The second-order valence-electron chi connectivity index (χ2n) is 6.20. The van der Waals surface area contributed by atoms with Crippen molar-refractivity contribution < 1.29 is 0 Å². The van der Waals surface area contributed by atoms with E-state index in [0.29, 0.717) is 6.04 Å². The van der Waals surface area contributed by atoms with Gasteiger partial charge in [-0.25, -0.2) is 0 Å². The Balaban J connectivity index is 1.50. The Labute approximate surface area is 130 Å². The number of aryl methyl sites for hydroxylation is 1. The Bertz CT molecular complexity index is 792. The summed E-state index contributed by atoms with van der Waals surface area (Å²) < 4.78 is 2.20. The number of hydrogen-bond acceptors (Lipinski definition) is 3. The van der Waals surface area contributed by atoms with Gasteiger partial charge in [0, 0.05) is 37.4 Å². The van der Waals surface area contributed by atoms with Crippen LogP contribution in [0.1, 0.15) is 23.6 Å². The van der Waals surface area contributed by atoms with E-state index < -0.39 is 0 Å². The summed E-state index contributed by atoms with van der Waals surface area (Å²) in [6.07, 6.45) is 7.02. The number of likely N-dealkylation sites (tertiary alicyclic amines) is 1. The van der Waals surface area contributed by atoms with Gasteiger partial charge in [-0.1, -0.05) is 24.3 Å². The summed E-state index contributed by atoms with van der Waals surface area (Å²) in [7, 11) is 0. The summed E-state index contributed by atoms with van der Waals surface area (Å²) in [4.78, 5) is 6.79. The standard InChI is InChI=1S/C18H20N4/c1-14-8-15(10-19-9-14)12-21-7-6-17(13-21)22-18-5-3-2-4-16(18)11-20-22/h2-5,8-11,17H,6-7,12-13H2,1H3/t17-/m0/s1. The third kappa shape index (κ3) is 2.50. The van der Waals surface area contributed by atoms with Crippen LogP contribution in [0.5, 0.6) is 0 Å². The average Bonchev–Trinajstić information content (AvgIpc) is 3.13. The highest BCUT2D eigenvalue weighted by molar-refractivity contribution is 5.78. The van der Waals surface area contributed by atoms with Crippen LogP contribution in [0, 0.1) is 6.92 Å². The summed E-state index contributed by atoms with van der Waals surface area (Å²) in [5.41, 5.74) is 3.77. The Morgan fingerprint density at radius 1 is 1.18 bits per heavy atom. The number of nitrogens with zero attached hydrogens (tertiary/aromatic N) is 4. The summed E-state index contributed by atoms with van der Waals surface area (Å²) in [6, 6.07) is 11.1. The molecule has 0 amide bonds. The van der Waals surface area contributed by atoms with Crippen molar-refractivity contribution in [3.05, 3.63) is 60.0 Å². The van der Waals surface area contributed by atoms with E-state index in [1.165, 1.54) is 22.0 Å². The predicted molar refractivity (Wildman–Crippen MR) is 87.6 cm³/mol. The van der Waals surface area contributed by atoms with Crippen molar-refractivity contribution in [1.29, 1.82) is 0 Å². The molecule has 1 aromatic carbocycles. The van der Waals surface area contributed by atoms with E-state index >= 15 is 0 Å². The van der Waals surface area contributed by atoms with E-state index in [4.69, 9.17) is 0 Å². The Hall–Kier alpha value is -2.20. The molecule has 1 saturated heterocycles. The van der Waals surface area contributed by atoms with Crippen LogP contribution in [0.15, 0.2) is 48.9 Å². The molecule has 0 radical (unpaired) electrons. The molecule has 1 atom stereocenters. The fourth-order valence-corrected chi connectivity index (χ4v) is 3.40. The van der Waals surface area contributed by atoms with Gasteiger partial charge in [0.2, 0.25) is 0 Å². The lowest BCUT2D eigenvalue weighted by atomic mass is 10.2. The molecule has 4 heteroatoms. The van der Waals surface area contributed by atoms with E-state index in [-0.39, 0.29) is 0 Å². The monoisotopic (exact) mass is 292 g/mol. The van der Waals surface area contributed by atoms with Crippen LogP contribution in [-0.2, 0) is 6.54 Å². The SMILES string of the molecule is Cc1cncc(CN2CC[C@H](n3ncc4ccccc43)C2)c1. The van der Waals surface area contributed by atoms with Gasteiger partial charge < -0.3 is 0 Å². The van der Waals surface area contributed by atoms with Crippen LogP contribution < -0.4 is 0 Å². The van der Waals surface area contributed by atoms with E-state index in [0.717, 1.165) is 26.1 Å². The summed E-state index contributed by atoms with van der Waals surface area (Å²) in [5, 5.41) is 5.84. The number of fused-ring (bicyclic) bond motifs is 1. The first-order valence-corrected chi connectivity index (χ1v) is 7.85. The normalized spacial score (nSPS) is 19.0. The molecule has 1 fully saturated rings. The van der Waals surface area contributed by atoms with Gasteiger partial charge in [-0.15, -0.1) is 0 Å². The van der Waals surface area contributed by atoms with Crippen molar-refractivity contribution in [2.24, 2.45) is 0 Å². The van der Waals surface area contributed by atoms with Crippen LogP contribution in [0.4, 0.5) is 0 Å². The molecule has 1 aliphatic heterocycles. The first-order chi connectivity index (χ1) is 10.8. The van der Waals surface area contributed by atoms with Crippen LogP contribution >= 0.6 is 0 Å². The molecule has 0 aliphatic carbocycles. The van der Waals surface area contributed by atoms with Crippen LogP contribution in [-0.4, -0.2) is 32.8 Å². The summed E-state index contributed by atoms with van der Waals surface area (Å²) in [6.45, 7) is 5.25. The lowest BCUT2D eigenvalue weighted by Crippen LogP contribution is -2.21. The maximum absolute atomic E-state index is 4.61. The van der Waals surface area contributed by atoms with Crippen molar-refractivity contribution in [1.82, 2.24) is 19.7 Å². The third-order valence-corrected chi connectivity index (χ3v) is 4.44. The molecule has 112 valence electrons. The van der Waals surface area contributed by atoms with E-state index in [1.54, 1.807) is 0 Å². The topological polar surface area (TPSA) is 34.0 Å². The zero-order valence-corrected chi connectivity index (χ0v) is 12.8. The molecule has 3 aromatic rings. The van der Waals surface area contributed by atoms with Gasteiger partial charge in [0.15, 0.2) is 0 Å². The highest BCUT2D eigenvalue weighted by Gasteiger charge is 2.25. The molecule has 22 heavy (non-hydrogen) atoms. The molecule has 3 heterocycles. The number of benzene rings is 1. The highest BCUT2D eigenvalue weighted by atomic mass is 15.3. The number of hydrogen-bond donors (Lipinski definition) is 0. The Morgan fingerprint density at radius 3 is 3.00 bits per heavy atom. The smallest absolute Gasteiger partial charge is 0.0686 e. The second kappa shape index (κ2) is 5.54. The first kappa shape index (κ1) is 13.5. The molecule has 0 unspecified atom stereocenters. The van der Waals surface area contributed by atoms with E-state index in [1.807, 2.05) is 18.6 Å². The Kier molecular flexibility index (Phi) is 3.39. The maximum atomic E-state index is 4.61. The van der Waals surface area contributed by atoms with Gasteiger partial charge in [0.1, 0.15) is 0 Å². The number of pyridine rings is 1. The van der Waals surface area contributed by atoms with Gasteiger partial charge in [-0.05, 0) is 30.5 Å². The minimum atomic E-state index is 0.470. The van der Waals surface area contributed by atoms with Crippen molar-refractivity contribution in [2.75, 3.05) is 13.1 Å². The fourth-order valence-electron chi connectivity index (χ4n) is 3.40. The predicted octanol–water partition coefficient (Wildman–Crippen LogP) is 3.19. The van der Waals surface area contributed by atoms with E-state index in [2.05, 4.69) is 56.9 Å². The van der Waals surface area contributed by atoms with Crippen molar-refractivity contribution in [3.63, 3.8) is 0 Å². The zero-order chi connectivity index (χ0) is 14.9. The van der Waals surface area contributed by atoms with Crippen LogP contribution in [0.25, 0.3) is 10.9 Å². The molecule has 2 aromatic heterocycles. The number of para-hydroxylation sites is 1. The number of rotatable bonds is 3. The maximum Gasteiger partial charge on any atom is 0.0686 e. The van der Waals surface area contributed by atoms with Gasteiger partial charge in [0.25, 0.3) is 0 Å². The number of aromatic nitrogens is 3. The van der Waals surface area contributed by atoms with Gasteiger partial charge in [-0.3, -0.25) is 14.6 Å². The van der Waals surface area contributed by atoms with Crippen LogP contribution in [0.2, 0.25) is 0 Å². The molecular weight excluding hydrogens is 272 g/mol. The lowest BCUT2D eigenvalue weighted by molar-refractivity contribution is 0.313. The van der Waals surface area contributed by atoms with Crippen LogP contribution in [0.3, 0.4) is 0 Å². The van der Waals surface area contributed by atoms with Gasteiger partial charge in [0.05, 0.1) is 17.8 Å². The average molecular weight is 292 g/mol.